The highest BCUT2D eigenvalue weighted by atomic mass is 16.1. The molecule has 0 aliphatic rings. The van der Waals surface area contributed by atoms with E-state index in [-0.39, 0.29) is 5.91 Å². The van der Waals surface area contributed by atoms with Crippen molar-refractivity contribution in [2.24, 2.45) is 0 Å². The molecule has 19 heavy (non-hydrogen) atoms. The van der Waals surface area contributed by atoms with Crippen molar-refractivity contribution >= 4 is 5.91 Å². The summed E-state index contributed by atoms with van der Waals surface area (Å²) in [5, 5.41) is 7.42. The molecule has 0 bridgehead atoms. The number of carbonyl (C=O) groups excluding carboxylic acids is 1. The standard InChI is InChI=1S/C15H19N3O/c1-10-7-5-6-8-15(10)18-12(3)14(11(2)17-18)9-16-13(4)19/h5-8H,9H2,1-4H3,(H,16,19). The van der Waals surface area contributed by atoms with Gasteiger partial charge in [-0.25, -0.2) is 4.68 Å². The zero-order chi connectivity index (χ0) is 14.0. The van der Waals surface area contributed by atoms with Crippen molar-refractivity contribution in [1.29, 1.82) is 0 Å². The van der Waals surface area contributed by atoms with Gasteiger partial charge in [-0.2, -0.15) is 5.10 Å². The number of nitrogens with one attached hydrogen (secondary N) is 1. The fourth-order valence-corrected chi connectivity index (χ4v) is 2.18. The lowest BCUT2D eigenvalue weighted by molar-refractivity contribution is -0.119. The van der Waals surface area contributed by atoms with Gasteiger partial charge in [0.1, 0.15) is 0 Å². The third-order valence-corrected chi connectivity index (χ3v) is 3.30. The lowest BCUT2D eigenvalue weighted by Crippen LogP contribution is -2.19. The highest BCUT2D eigenvalue weighted by Crippen LogP contribution is 2.20. The molecule has 0 radical (unpaired) electrons. The number of aryl methyl sites for hydroxylation is 2. The van der Waals surface area contributed by atoms with E-state index in [1.165, 1.54) is 12.5 Å². The summed E-state index contributed by atoms with van der Waals surface area (Å²) in [6.45, 7) is 8.12. The molecule has 0 saturated heterocycles. The molecule has 0 atom stereocenters. The molecule has 1 aromatic heterocycles. The molecule has 100 valence electrons. The van der Waals surface area contributed by atoms with Crippen LogP contribution in [0.4, 0.5) is 0 Å². The van der Waals surface area contributed by atoms with Gasteiger partial charge in [0.05, 0.1) is 11.4 Å². The van der Waals surface area contributed by atoms with Crippen LogP contribution >= 0.6 is 0 Å². The highest BCUT2D eigenvalue weighted by molar-refractivity contribution is 5.72. The maximum absolute atomic E-state index is 11.0. The molecule has 1 amide bonds. The van der Waals surface area contributed by atoms with Crippen LogP contribution in [0.3, 0.4) is 0 Å². The molecular formula is C15H19N3O. The van der Waals surface area contributed by atoms with Gasteiger partial charge >= 0.3 is 0 Å². The second-order valence-corrected chi connectivity index (χ2v) is 4.76. The summed E-state index contributed by atoms with van der Waals surface area (Å²) >= 11 is 0. The Morgan fingerprint density at radius 1 is 1.26 bits per heavy atom. The van der Waals surface area contributed by atoms with E-state index in [0.717, 1.165) is 22.6 Å². The van der Waals surface area contributed by atoms with Crippen LogP contribution in [-0.4, -0.2) is 15.7 Å². The third kappa shape index (κ3) is 2.67. The van der Waals surface area contributed by atoms with Gasteiger partial charge in [0.15, 0.2) is 0 Å². The van der Waals surface area contributed by atoms with Crippen LogP contribution in [0.5, 0.6) is 0 Å². The Morgan fingerprint density at radius 2 is 1.95 bits per heavy atom. The predicted octanol–water partition coefficient (Wildman–Crippen LogP) is 2.43. The molecule has 1 heterocycles. The lowest BCUT2D eigenvalue weighted by Gasteiger charge is -2.08. The summed E-state index contributed by atoms with van der Waals surface area (Å²) in [6.07, 6.45) is 0. The predicted molar refractivity (Wildman–Crippen MR) is 75.3 cm³/mol. The summed E-state index contributed by atoms with van der Waals surface area (Å²) in [5.74, 6) is -0.0255. The molecule has 4 heteroatoms. The minimum absolute atomic E-state index is 0.0255. The van der Waals surface area contributed by atoms with E-state index >= 15 is 0 Å². The van der Waals surface area contributed by atoms with E-state index in [0.29, 0.717) is 6.54 Å². The van der Waals surface area contributed by atoms with Crippen LogP contribution in [0.15, 0.2) is 24.3 Å². The molecule has 2 rings (SSSR count). The summed E-state index contributed by atoms with van der Waals surface area (Å²) < 4.78 is 1.95. The average molecular weight is 257 g/mol. The quantitative estimate of drug-likeness (QED) is 0.918. The first-order valence-electron chi connectivity index (χ1n) is 6.36. The molecule has 1 aromatic carbocycles. The summed E-state index contributed by atoms with van der Waals surface area (Å²) in [5.41, 5.74) is 5.37. The Bertz CT molecular complexity index is 614. The zero-order valence-electron chi connectivity index (χ0n) is 11.8. The van der Waals surface area contributed by atoms with Crippen LogP contribution < -0.4 is 5.32 Å². The van der Waals surface area contributed by atoms with Crippen LogP contribution in [0, 0.1) is 20.8 Å². The van der Waals surface area contributed by atoms with Crippen molar-refractivity contribution in [3.63, 3.8) is 0 Å². The molecular weight excluding hydrogens is 238 g/mol. The number of rotatable bonds is 3. The highest BCUT2D eigenvalue weighted by Gasteiger charge is 2.13. The van der Waals surface area contributed by atoms with Crippen molar-refractivity contribution in [3.8, 4) is 5.69 Å². The Hall–Kier alpha value is -2.10. The van der Waals surface area contributed by atoms with Crippen molar-refractivity contribution in [3.05, 3.63) is 46.8 Å². The second kappa shape index (κ2) is 5.26. The van der Waals surface area contributed by atoms with Gasteiger partial charge in [0, 0.05) is 24.7 Å². The minimum atomic E-state index is -0.0255. The molecule has 2 aromatic rings. The van der Waals surface area contributed by atoms with Gasteiger partial charge < -0.3 is 5.32 Å². The van der Waals surface area contributed by atoms with Crippen LogP contribution in [0.2, 0.25) is 0 Å². The van der Waals surface area contributed by atoms with Gasteiger partial charge in [-0.15, -0.1) is 0 Å². The largest absolute Gasteiger partial charge is 0.352 e. The molecule has 0 aliphatic carbocycles. The Labute approximate surface area is 113 Å². The topological polar surface area (TPSA) is 46.9 Å². The van der Waals surface area contributed by atoms with Gasteiger partial charge in [-0.3, -0.25) is 4.79 Å². The number of para-hydroxylation sites is 1. The Balaban J connectivity index is 2.41. The number of aromatic nitrogens is 2. The first-order valence-corrected chi connectivity index (χ1v) is 6.36. The van der Waals surface area contributed by atoms with E-state index in [1.54, 1.807) is 0 Å². The van der Waals surface area contributed by atoms with Crippen molar-refractivity contribution in [1.82, 2.24) is 15.1 Å². The maximum atomic E-state index is 11.0. The summed E-state index contributed by atoms with van der Waals surface area (Å²) in [7, 11) is 0. The number of hydrogen-bond acceptors (Lipinski definition) is 2. The Morgan fingerprint density at radius 3 is 2.58 bits per heavy atom. The molecule has 0 fully saturated rings. The molecule has 4 nitrogen and oxygen atoms in total. The number of carbonyl (C=O) groups is 1. The summed E-state index contributed by atoms with van der Waals surface area (Å²) in [4.78, 5) is 11.0. The number of hydrogen-bond donors (Lipinski definition) is 1. The first-order chi connectivity index (χ1) is 9.00. The second-order valence-electron chi connectivity index (χ2n) is 4.76. The smallest absolute Gasteiger partial charge is 0.217 e. The summed E-state index contributed by atoms with van der Waals surface area (Å²) in [6, 6.07) is 8.14. The Kier molecular flexibility index (Phi) is 3.69. The number of nitrogens with zero attached hydrogens (tertiary/aromatic N) is 2. The molecule has 1 N–H and O–H groups in total. The van der Waals surface area contributed by atoms with Gasteiger partial charge in [0.2, 0.25) is 5.91 Å². The van der Waals surface area contributed by atoms with Gasteiger partial charge in [0.25, 0.3) is 0 Å². The van der Waals surface area contributed by atoms with E-state index in [4.69, 9.17) is 0 Å². The molecule has 0 spiro atoms. The normalized spacial score (nSPS) is 10.5. The third-order valence-electron chi connectivity index (χ3n) is 3.30. The van der Waals surface area contributed by atoms with Crippen LogP contribution in [0.1, 0.15) is 29.4 Å². The SMILES string of the molecule is CC(=O)NCc1c(C)nn(-c2ccccc2C)c1C. The fourth-order valence-electron chi connectivity index (χ4n) is 2.18. The van der Waals surface area contributed by atoms with E-state index in [2.05, 4.69) is 29.5 Å². The maximum Gasteiger partial charge on any atom is 0.217 e. The molecule has 0 saturated carbocycles. The fraction of sp³-hybridized carbons (Fsp3) is 0.333. The van der Waals surface area contributed by atoms with E-state index in [9.17, 15) is 4.79 Å². The van der Waals surface area contributed by atoms with Crippen LogP contribution in [0.25, 0.3) is 5.69 Å². The van der Waals surface area contributed by atoms with Crippen LogP contribution in [-0.2, 0) is 11.3 Å². The average Bonchev–Trinajstić information content (AvgIpc) is 2.63. The monoisotopic (exact) mass is 257 g/mol. The zero-order valence-corrected chi connectivity index (χ0v) is 11.8. The van der Waals surface area contributed by atoms with Crippen molar-refractivity contribution < 1.29 is 4.79 Å². The van der Waals surface area contributed by atoms with E-state index < -0.39 is 0 Å². The molecule has 0 unspecified atom stereocenters. The van der Waals surface area contributed by atoms with E-state index in [1.807, 2.05) is 30.7 Å². The minimum Gasteiger partial charge on any atom is -0.352 e. The number of amides is 1. The van der Waals surface area contributed by atoms with Gasteiger partial charge in [-0.1, -0.05) is 18.2 Å². The molecule has 0 aliphatic heterocycles. The van der Waals surface area contributed by atoms with Crippen molar-refractivity contribution in [2.75, 3.05) is 0 Å². The van der Waals surface area contributed by atoms with Crippen molar-refractivity contribution in [2.45, 2.75) is 34.2 Å². The van der Waals surface area contributed by atoms with Gasteiger partial charge in [-0.05, 0) is 32.4 Å². The lowest BCUT2D eigenvalue weighted by atomic mass is 10.1. The first kappa shape index (κ1) is 13.3. The number of benzene rings is 1.